The first-order chi connectivity index (χ1) is 32.7. The molecule has 0 saturated carbocycles. The Balaban J connectivity index is 1.23. The number of aliphatic imine (C=N–C) groups is 2. The summed E-state index contributed by atoms with van der Waals surface area (Å²) in [5, 5.41) is 14.9. The Bertz CT molecular complexity index is 2630. The van der Waals surface area contributed by atoms with Gasteiger partial charge in [0.1, 0.15) is 23.6 Å². The largest absolute Gasteiger partial charge is 0.464 e. The van der Waals surface area contributed by atoms with Crippen molar-refractivity contribution < 1.29 is 51.4 Å². The molecule has 0 spiro atoms. The molecule has 0 aromatic heterocycles. The molecule has 6 rings (SSSR count). The minimum atomic E-state index is -5.03. The molecule has 0 bridgehead atoms. The summed E-state index contributed by atoms with van der Waals surface area (Å²) >= 11 is 0.875. The number of amides is 3. The van der Waals surface area contributed by atoms with Crippen LogP contribution in [-0.2, 0) is 61.8 Å². The van der Waals surface area contributed by atoms with Crippen LogP contribution in [0.1, 0.15) is 42.5 Å². The van der Waals surface area contributed by atoms with Crippen LogP contribution in [0.5, 0.6) is 0 Å². The molecule has 19 nitrogen and oxygen atoms in total. The van der Waals surface area contributed by atoms with Crippen molar-refractivity contribution in [1.82, 2.24) is 14.9 Å². The van der Waals surface area contributed by atoms with Gasteiger partial charge in [0.05, 0.1) is 23.7 Å². The number of amidine groups is 1. The standard InChI is InChI=1S/C46H53N7O12S3Si/c1-45(2,42(56)63-26-28-69(3,4)5)65-51-67-31-36(48-43(67)50-46(33-15-9-6-10-16-33,34-17-11-7-12-18-34)35-19-13-8-14-20-35)29-38(54)49-39-40(55)52(68(60,61)62)41(39)66-27-25-47-44(57)64-30-32-21-23-37(24-22-32)53(58)59/h6-24,39,41H,25-31H2,1-5H3,(H,47,57)(H,49,54)(H,60,61,62)/t39-,41-,67?/m1/s1. The Morgan fingerprint density at radius 3 is 2.01 bits per heavy atom. The molecule has 3 N–H and O–H groups in total. The van der Waals surface area contributed by atoms with E-state index in [1.54, 1.807) is 13.8 Å². The molecular weight excluding hydrogens is 967 g/mol. The molecule has 4 aromatic carbocycles. The second kappa shape index (κ2) is 22.5. The lowest BCUT2D eigenvalue weighted by molar-refractivity contribution is -0.384. The van der Waals surface area contributed by atoms with Crippen LogP contribution in [0.15, 0.2) is 130 Å². The molecule has 2 heterocycles. The van der Waals surface area contributed by atoms with Crippen LogP contribution in [0.4, 0.5) is 10.5 Å². The molecule has 3 atom stereocenters. The van der Waals surface area contributed by atoms with E-state index in [9.17, 15) is 42.3 Å². The number of hydrogen-bond donors (Lipinski definition) is 3. The van der Waals surface area contributed by atoms with Gasteiger partial charge in [-0.05, 0) is 54.3 Å². The Hall–Kier alpha value is -6.11. The van der Waals surface area contributed by atoms with Crippen molar-refractivity contribution >= 4 is 81.3 Å². The van der Waals surface area contributed by atoms with Crippen LogP contribution >= 0.6 is 11.8 Å². The number of carbonyl (C=O) groups excluding carboxylic acids is 4. The number of nitro benzene ring substituents is 1. The van der Waals surface area contributed by atoms with Crippen LogP contribution in [0.25, 0.3) is 0 Å². The molecule has 1 unspecified atom stereocenters. The number of nitro groups is 1. The number of nitrogens with one attached hydrogen (secondary N) is 2. The van der Waals surface area contributed by atoms with Crippen LogP contribution < -0.4 is 10.6 Å². The van der Waals surface area contributed by atoms with E-state index in [-0.39, 0.29) is 52.8 Å². The van der Waals surface area contributed by atoms with Gasteiger partial charge >= 0.3 is 22.4 Å². The van der Waals surface area contributed by atoms with Crippen molar-refractivity contribution in [1.29, 1.82) is 0 Å². The number of esters is 1. The summed E-state index contributed by atoms with van der Waals surface area (Å²) in [5.41, 5.74) is 0.397. The second-order valence-electron chi connectivity index (χ2n) is 17.5. The molecule has 3 amide bonds. The fourth-order valence-electron chi connectivity index (χ4n) is 6.98. The van der Waals surface area contributed by atoms with Crippen LogP contribution in [0, 0.1) is 10.1 Å². The quantitative estimate of drug-likeness (QED) is 0.0116. The number of thioether (sulfide) groups is 1. The first kappa shape index (κ1) is 52.3. The lowest BCUT2D eigenvalue weighted by Gasteiger charge is -2.43. The Labute approximate surface area is 407 Å². The second-order valence-corrected chi connectivity index (χ2v) is 27.2. The van der Waals surface area contributed by atoms with Gasteiger partial charge in [-0.1, -0.05) is 111 Å². The molecule has 2 aliphatic rings. The maximum Gasteiger partial charge on any atom is 0.407 e. The van der Waals surface area contributed by atoms with Crippen molar-refractivity contribution in [2.24, 2.45) is 14.5 Å². The van der Waals surface area contributed by atoms with Crippen LogP contribution in [0.2, 0.25) is 25.7 Å². The van der Waals surface area contributed by atoms with E-state index in [4.69, 9.17) is 24.3 Å². The Morgan fingerprint density at radius 2 is 1.49 bits per heavy atom. The summed E-state index contributed by atoms with van der Waals surface area (Å²) in [6.45, 7) is 9.61. The highest BCUT2D eigenvalue weighted by Crippen LogP contribution is 2.42. The fraction of sp³-hybridized carbons (Fsp3) is 0.348. The van der Waals surface area contributed by atoms with Crippen molar-refractivity contribution in [3.63, 3.8) is 0 Å². The lowest BCUT2D eigenvalue weighted by Crippen LogP contribution is -2.70. The van der Waals surface area contributed by atoms with Crippen molar-refractivity contribution in [3.8, 4) is 0 Å². The molecule has 4 aromatic rings. The van der Waals surface area contributed by atoms with Gasteiger partial charge in [0.15, 0.2) is 10.8 Å². The van der Waals surface area contributed by atoms with E-state index in [1.807, 2.05) is 91.0 Å². The summed E-state index contributed by atoms with van der Waals surface area (Å²) in [5.74, 6) is -2.31. The number of rotatable bonds is 21. The van der Waals surface area contributed by atoms with E-state index in [0.29, 0.717) is 11.3 Å². The van der Waals surface area contributed by atoms with E-state index >= 15 is 0 Å². The maximum absolute atomic E-state index is 13.8. The number of nitrogens with zero attached hydrogens (tertiary/aromatic N) is 5. The molecule has 23 heteroatoms. The predicted octanol–water partition coefficient (Wildman–Crippen LogP) is 6.60. The average Bonchev–Trinajstić information content (AvgIpc) is 3.69. The number of β-lactam (4-membered cyclic amide) rings is 1. The molecule has 2 aliphatic heterocycles. The fourth-order valence-corrected chi connectivity index (χ4v) is 11.5. The first-order valence-electron chi connectivity index (χ1n) is 21.6. The monoisotopic (exact) mass is 1020 g/mol. The molecular formula is C46H53N7O12S3Si. The Morgan fingerprint density at radius 1 is 0.928 bits per heavy atom. The number of benzene rings is 4. The van der Waals surface area contributed by atoms with Gasteiger partial charge in [0, 0.05) is 48.9 Å². The van der Waals surface area contributed by atoms with E-state index in [0.717, 1.165) is 34.5 Å². The van der Waals surface area contributed by atoms with E-state index in [1.165, 1.54) is 24.3 Å². The lowest BCUT2D eigenvalue weighted by atomic mass is 9.77. The van der Waals surface area contributed by atoms with Crippen molar-refractivity contribution in [2.45, 2.75) is 75.1 Å². The number of non-ortho nitro benzene ring substituents is 1. The van der Waals surface area contributed by atoms with E-state index < -0.39 is 80.4 Å². The average molecular weight is 1020 g/mol. The van der Waals surface area contributed by atoms with Gasteiger partial charge in [0.2, 0.25) is 5.91 Å². The van der Waals surface area contributed by atoms with Crippen molar-refractivity contribution in [2.75, 3.05) is 24.7 Å². The summed E-state index contributed by atoms with van der Waals surface area (Å²) in [7, 11) is -7.85. The number of alkyl carbamates (subject to hydrolysis) is 1. The number of hydrogen-bond acceptors (Lipinski definition) is 14. The maximum atomic E-state index is 13.8. The van der Waals surface area contributed by atoms with Gasteiger partial charge in [-0.2, -0.15) is 12.7 Å². The van der Waals surface area contributed by atoms with Gasteiger partial charge < -0.3 is 20.1 Å². The van der Waals surface area contributed by atoms with Crippen LogP contribution in [0.3, 0.4) is 0 Å². The molecule has 366 valence electrons. The van der Waals surface area contributed by atoms with Gasteiger partial charge in [0.25, 0.3) is 11.6 Å². The molecule has 1 saturated heterocycles. The predicted molar refractivity (Wildman–Crippen MR) is 265 cm³/mol. The van der Waals surface area contributed by atoms with Gasteiger partial charge in [-0.15, -0.1) is 16.3 Å². The zero-order valence-electron chi connectivity index (χ0n) is 38.5. The molecule has 69 heavy (non-hydrogen) atoms. The highest BCUT2D eigenvalue weighted by molar-refractivity contribution is 8.03. The smallest absolute Gasteiger partial charge is 0.407 e. The zero-order valence-corrected chi connectivity index (χ0v) is 41.9. The normalized spacial score (nSPS) is 18.0. The minimum absolute atomic E-state index is 0.0218. The molecule has 0 radical (unpaired) electrons. The highest BCUT2D eigenvalue weighted by atomic mass is 32.2. The number of ether oxygens (including phenoxy) is 2. The highest BCUT2D eigenvalue weighted by Gasteiger charge is 2.54. The van der Waals surface area contributed by atoms with Gasteiger partial charge in [-0.3, -0.25) is 24.3 Å². The SMILES string of the molecule is CC(C)(ON=S1CC(CC(=O)N[C@@H]2C(=O)N(S(=O)(=O)O)[C@@H]2SCCNC(=O)OCc2ccc([N+](=O)[O-])cc2)=NC1=NC(c1ccccc1)(c1ccccc1)c1ccccc1)C(=O)OCC[Si](C)(C)C. The molecule has 0 aliphatic carbocycles. The third kappa shape index (κ3) is 13.6. The first-order valence-corrected chi connectivity index (χ1v) is 29.1. The summed E-state index contributed by atoms with van der Waals surface area (Å²) in [6, 6.07) is 33.6. The number of carbonyl (C=O) groups is 4. The van der Waals surface area contributed by atoms with Crippen molar-refractivity contribution in [3.05, 3.63) is 148 Å². The molecule has 1 fully saturated rings. The third-order valence-electron chi connectivity index (χ3n) is 10.6. The minimum Gasteiger partial charge on any atom is -0.464 e. The van der Waals surface area contributed by atoms with E-state index in [2.05, 4.69) is 34.8 Å². The third-order valence-corrected chi connectivity index (χ3v) is 16.1. The zero-order chi connectivity index (χ0) is 50.0. The summed E-state index contributed by atoms with van der Waals surface area (Å²) in [6.07, 6.45) is -1.20. The Kier molecular flexibility index (Phi) is 17.1. The summed E-state index contributed by atoms with van der Waals surface area (Å²) < 4.78 is 49.9. The summed E-state index contributed by atoms with van der Waals surface area (Å²) in [4.78, 5) is 79.2. The van der Waals surface area contributed by atoms with Gasteiger partial charge in [-0.25, -0.2) is 24.4 Å². The van der Waals surface area contributed by atoms with Crippen LogP contribution in [-0.4, -0.2) is 107 Å². The topological polar surface area (TPSA) is 258 Å².